The first-order valence-corrected chi connectivity index (χ1v) is 10.0. The van der Waals surface area contributed by atoms with Gasteiger partial charge < -0.3 is 14.5 Å². The number of nitrogens with zero attached hydrogens (tertiary/aromatic N) is 1. The van der Waals surface area contributed by atoms with Crippen LogP contribution in [0.5, 0.6) is 0 Å². The van der Waals surface area contributed by atoms with Crippen LogP contribution in [0.4, 0.5) is 11.7 Å². The van der Waals surface area contributed by atoms with Gasteiger partial charge in [0.1, 0.15) is 0 Å². The van der Waals surface area contributed by atoms with Crippen LogP contribution in [0.1, 0.15) is 49.2 Å². The molecular weight excluding hydrogens is 388 g/mol. The fraction of sp³-hybridized carbons (Fsp3) is 0.304. The van der Waals surface area contributed by atoms with Crippen LogP contribution in [-0.4, -0.2) is 18.1 Å². The van der Waals surface area contributed by atoms with Crippen LogP contribution in [0.15, 0.2) is 47.0 Å². The Morgan fingerprint density at radius 2 is 1.66 bits per heavy atom. The summed E-state index contributed by atoms with van der Waals surface area (Å²) in [5, 5.41) is 3.44. The number of aromatic nitrogens is 1. The molecule has 0 aliphatic rings. The molecule has 0 aliphatic carbocycles. The number of aryl methyl sites for hydroxylation is 2. The third-order valence-corrected chi connectivity index (χ3v) is 3.95. The standard InChI is InChI=1S/C19H17ClN2O3.2C2H6/c1-11-6-12(2)8-14(7-11)22-19-21-10-17(25-19)13-4-5-15(16(20)9-13)18(23)24-3;2*1-2/h4-10H,1-3H3,(H,21,22);2*1-2H3. The summed E-state index contributed by atoms with van der Waals surface area (Å²) in [6.45, 7) is 12.1. The molecule has 0 atom stereocenters. The van der Waals surface area contributed by atoms with E-state index in [-0.39, 0.29) is 0 Å². The van der Waals surface area contributed by atoms with Crippen molar-refractivity contribution in [3.8, 4) is 11.3 Å². The second-order valence-electron chi connectivity index (χ2n) is 5.72. The Morgan fingerprint density at radius 3 is 2.21 bits per heavy atom. The molecule has 6 heteroatoms. The van der Waals surface area contributed by atoms with E-state index in [1.165, 1.54) is 7.11 Å². The van der Waals surface area contributed by atoms with Gasteiger partial charge in [0.15, 0.2) is 5.76 Å². The van der Waals surface area contributed by atoms with E-state index in [1.54, 1.807) is 24.4 Å². The van der Waals surface area contributed by atoms with Crippen LogP contribution >= 0.6 is 11.6 Å². The van der Waals surface area contributed by atoms with Gasteiger partial charge in [-0.15, -0.1) is 0 Å². The van der Waals surface area contributed by atoms with Gasteiger partial charge in [0.2, 0.25) is 0 Å². The highest BCUT2D eigenvalue weighted by molar-refractivity contribution is 6.33. The van der Waals surface area contributed by atoms with Gasteiger partial charge in [0.05, 0.1) is 23.9 Å². The molecule has 0 bridgehead atoms. The summed E-state index contributed by atoms with van der Waals surface area (Å²) in [6, 6.07) is 11.5. The Labute approximate surface area is 178 Å². The summed E-state index contributed by atoms with van der Waals surface area (Å²) < 4.78 is 10.4. The monoisotopic (exact) mass is 416 g/mol. The van der Waals surface area contributed by atoms with Gasteiger partial charge in [-0.1, -0.05) is 51.4 Å². The lowest BCUT2D eigenvalue weighted by Gasteiger charge is -2.05. The van der Waals surface area contributed by atoms with E-state index in [4.69, 9.17) is 16.0 Å². The van der Waals surface area contributed by atoms with Gasteiger partial charge in [-0.3, -0.25) is 0 Å². The van der Waals surface area contributed by atoms with Crippen LogP contribution < -0.4 is 5.32 Å². The third kappa shape index (κ3) is 6.64. The number of carbonyl (C=O) groups is 1. The van der Waals surface area contributed by atoms with E-state index in [2.05, 4.69) is 21.1 Å². The molecule has 0 unspecified atom stereocenters. The maximum atomic E-state index is 11.6. The first-order valence-electron chi connectivity index (χ1n) is 9.65. The number of oxazole rings is 1. The number of methoxy groups -OCH3 is 1. The second-order valence-corrected chi connectivity index (χ2v) is 6.12. The molecule has 0 spiro atoms. The van der Waals surface area contributed by atoms with Gasteiger partial charge in [-0.25, -0.2) is 9.78 Å². The van der Waals surface area contributed by atoms with Crippen molar-refractivity contribution < 1.29 is 13.9 Å². The van der Waals surface area contributed by atoms with Crippen molar-refractivity contribution in [1.29, 1.82) is 0 Å². The molecule has 5 nitrogen and oxygen atoms in total. The molecule has 0 amide bonds. The summed E-state index contributed by atoms with van der Waals surface area (Å²) in [5.74, 6) is 0.0662. The number of ether oxygens (including phenoxy) is 1. The number of nitrogens with one attached hydrogen (secondary N) is 1. The first kappa shape index (κ1) is 24.2. The van der Waals surface area contributed by atoms with Crippen molar-refractivity contribution in [1.82, 2.24) is 4.98 Å². The van der Waals surface area contributed by atoms with Crippen LogP contribution in [0, 0.1) is 13.8 Å². The van der Waals surface area contributed by atoms with Crippen molar-refractivity contribution in [2.24, 2.45) is 0 Å². The molecule has 3 aromatic rings. The van der Waals surface area contributed by atoms with Crippen LogP contribution in [0.25, 0.3) is 11.3 Å². The SMILES string of the molecule is CC.CC.COC(=O)c1ccc(-c2cnc(Nc3cc(C)cc(C)c3)o2)cc1Cl. The number of rotatable bonds is 4. The summed E-state index contributed by atoms with van der Waals surface area (Å²) in [4.78, 5) is 15.8. The van der Waals surface area contributed by atoms with Crippen molar-refractivity contribution >= 4 is 29.3 Å². The Hall–Kier alpha value is -2.79. The summed E-state index contributed by atoms with van der Waals surface area (Å²) in [6.07, 6.45) is 1.61. The number of carbonyl (C=O) groups excluding carboxylic acids is 1. The minimum absolute atomic E-state index is 0.296. The highest BCUT2D eigenvalue weighted by atomic mass is 35.5. The zero-order valence-corrected chi connectivity index (χ0v) is 18.8. The number of hydrogen-bond acceptors (Lipinski definition) is 5. The molecular formula is C23H29ClN2O3. The Balaban J connectivity index is 0.000000989. The van der Waals surface area contributed by atoms with Crippen molar-refractivity contribution in [2.75, 3.05) is 12.4 Å². The fourth-order valence-corrected chi connectivity index (χ4v) is 2.84. The van der Waals surface area contributed by atoms with Gasteiger partial charge in [-0.2, -0.15) is 0 Å². The van der Waals surface area contributed by atoms with Crippen molar-refractivity contribution in [3.05, 3.63) is 64.3 Å². The lowest BCUT2D eigenvalue weighted by molar-refractivity contribution is 0.0601. The molecule has 3 rings (SSSR count). The zero-order chi connectivity index (χ0) is 22.0. The summed E-state index contributed by atoms with van der Waals surface area (Å²) in [5.41, 5.74) is 4.24. The van der Waals surface area contributed by atoms with E-state index in [9.17, 15) is 4.79 Å². The second kappa shape index (κ2) is 11.9. The molecule has 29 heavy (non-hydrogen) atoms. The maximum Gasteiger partial charge on any atom is 0.339 e. The normalized spacial score (nSPS) is 9.52. The zero-order valence-electron chi connectivity index (χ0n) is 18.1. The molecule has 0 radical (unpaired) electrons. The topological polar surface area (TPSA) is 64.4 Å². The Morgan fingerprint density at radius 1 is 1.03 bits per heavy atom. The number of esters is 1. The number of benzene rings is 2. The highest BCUT2D eigenvalue weighted by Crippen LogP contribution is 2.29. The summed E-state index contributed by atoms with van der Waals surface area (Å²) in [7, 11) is 1.31. The predicted octanol–water partition coefficient (Wildman–Crippen LogP) is 7.19. The molecule has 0 aliphatic heterocycles. The van der Waals surface area contributed by atoms with E-state index >= 15 is 0 Å². The van der Waals surface area contributed by atoms with Crippen molar-refractivity contribution in [2.45, 2.75) is 41.5 Å². The molecule has 1 aromatic heterocycles. The molecule has 0 fully saturated rings. The largest absolute Gasteiger partial charge is 0.465 e. The number of anilines is 2. The first-order chi connectivity index (χ1) is 14.0. The van der Waals surface area contributed by atoms with Crippen LogP contribution in [0.2, 0.25) is 5.02 Å². The van der Waals surface area contributed by atoms with Crippen LogP contribution in [-0.2, 0) is 4.74 Å². The maximum absolute atomic E-state index is 11.6. The van der Waals surface area contributed by atoms with Crippen molar-refractivity contribution in [3.63, 3.8) is 0 Å². The minimum Gasteiger partial charge on any atom is -0.465 e. The lowest BCUT2D eigenvalue weighted by Crippen LogP contribution is -2.01. The van der Waals surface area contributed by atoms with E-state index in [1.807, 2.05) is 53.7 Å². The predicted molar refractivity (Wildman–Crippen MR) is 120 cm³/mol. The molecule has 156 valence electrons. The Bertz CT molecular complexity index is 915. The molecule has 1 N–H and O–H groups in total. The lowest BCUT2D eigenvalue weighted by atomic mass is 10.1. The quantitative estimate of drug-likeness (QED) is 0.455. The molecule has 1 heterocycles. The average Bonchev–Trinajstić information content (AvgIpc) is 3.18. The molecule has 2 aromatic carbocycles. The van der Waals surface area contributed by atoms with Gasteiger partial charge in [-0.05, 0) is 49.2 Å². The van der Waals surface area contributed by atoms with Gasteiger partial charge >= 0.3 is 5.97 Å². The van der Waals surface area contributed by atoms with Gasteiger partial charge in [0, 0.05) is 11.3 Å². The average molecular weight is 417 g/mol. The Kier molecular flexibility index (Phi) is 9.97. The van der Waals surface area contributed by atoms with Crippen LogP contribution in [0.3, 0.4) is 0 Å². The molecule has 0 saturated heterocycles. The third-order valence-electron chi connectivity index (χ3n) is 3.64. The smallest absolute Gasteiger partial charge is 0.339 e. The van der Waals surface area contributed by atoms with E-state index in [0.29, 0.717) is 22.4 Å². The summed E-state index contributed by atoms with van der Waals surface area (Å²) >= 11 is 6.15. The number of halogens is 1. The minimum atomic E-state index is -0.480. The van der Waals surface area contributed by atoms with E-state index < -0.39 is 5.97 Å². The highest BCUT2D eigenvalue weighted by Gasteiger charge is 2.14. The molecule has 0 saturated carbocycles. The van der Waals surface area contributed by atoms with Gasteiger partial charge in [0.25, 0.3) is 6.01 Å². The fourth-order valence-electron chi connectivity index (χ4n) is 2.58. The number of hydrogen-bond donors (Lipinski definition) is 1. The van der Waals surface area contributed by atoms with E-state index in [0.717, 1.165) is 22.4 Å².